The third kappa shape index (κ3) is 3.99. The summed E-state index contributed by atoms with van der Waals surface area (Å²) < 4.78 is 14.1. The highest BCUT2D eigenvalue weighted by molar-refractivity contribution is 6.01. The molecular formula is C25H24FN5O. The fourth-order valence-corrected chi connectivity index (χ4v) is 4.38. The van der Waals surface area contributed by atoms with E-state index in [2.05, 4.69) is 25.8 Å². The van der Waals surface area contributed by atoms with Crippen molar-refractivity contribution in [3.05, 3.63) is 83.4 Å². The van der Waals surface area contributed by atoms with E-state index in [1.807, 2.05) is 43.3 Å². The molecule has 4 aromatic rings. The van der Waals surface area contributed by atoms with E-state index in [0.717, 1.165) is 34.4 Å². The van der Waals surface area contributed by atoms with Crippen molar-refractivity contribution in [2.24, 2.45) is 5.92 Å². The lowest BCUT2D eigenvalue weighted by Gasteiger charge is -2.20. The normalized spacial score (nSPS) is 18.2. The van der Waals surface area contributed by atoms with E-state index in [4.69, 9.17) is 0 Å². The Morgan fingerprint density at radius 3 is 2.88 bits per heavy atom. The van der Waals surface area contributed by atoms with Gasteiger partial charge in [-0.3, -0.25) is 14.9 Å². The van der Waals surface area contributed by atoms with Gasteiger partial charge in [0.05, 0.1) is 5.52 Å². The first kappa shape index (κ1) is 20.3. The van der Waals surface area contributed by atoms with E-state index >= 15 is 0 Å². The highest BCUT2D eigenvalue weighted by Crippen LogP contribution is 2.27. The molecule has 2 atom stereocenters. The smallest absolute Gasteiger partial charge is 0.251 e. The number of aryl methyl sites for hydroxylation is 1. The molecule has 0 radical (unpaired) electrons. The third-order valence-electron chi connectivity index (χ3n) is 6.09. The van der Waals surface area contributed by atoms with Crippen LogP contribution in [0.2, 0.25) is 0 Å². The summed E-state index contributed by atoms with van der Waals surface area (Å²) in [5.41, 5.74) is 4.76. The second-order valence-corrected chi connectivity index (χ2v) is 8.31. The van der Waals surface area contributed by atoms with Gasteiger partial charge < -0.3 is 10.6 Å². The number of hydrogen-bond donors (Lipinski definition) is 3. The molecule has 2 aromatic heterocycles. The van der Waals surface area contributed by atoms with Crippen molar-refractivity contribution in [3.63, 3.8) is 0 Å². The summed E-state index contributed by atoms with van der Waals surface area (Å²) in [7, 11) is 0. The molecule has 3 N–H and O–H groups in total. The second-order valence-electron chi connectivity index (χ2n) is 8.31. The van der Waals surface area contributed by atoms with Gasteiger partial charge in [-0.15, -0.1) is 0 Å². The largest absolute Gasteiger partial charge is 0.348 e. The molecule has 1 saturated heterocycles. The molecular weight excluding hydrogens is 405 g/mol. The summed E-state index contributed by atoms with van der Waals surface area (Å²) in [6.07, 6.45) is 2.33. The lowest BCUT2D eigenvalue weighted by molar-refractivity contribution is 0.0931. The number of carbonyl (C=O) groups is 1. The maximum absolute atomic E-state index is 14.1. The molecule has 1 fully saturated rings. The van der Waals surface area contributed by atoms with Crippen molar-refractivity contribution >= 4 is 16.8 Å². The first-order valence-electron chi connectivity index (χ1n) is 10.7. The second kappa shape index (κ2) is 8.51. The first-order valence-corrected chi connectivity index (χ1v) is 10.7. The number of fused-ring (bicyclic) bond motifs is 1. The van der Waals surface area contributed by atoms with E-state index in [1.54, 1.807) is 18.3 Å². The van der Waals surface area contributed by atoms with Crippen molar-refractivity contribution in [2.75, 3.05) is 13.1 Å². The van der Waals surface area contributed by atoms with Gasteiger partial charge in [-0.2, -0.15) is 5.10 Å². The summed E-state index contributed by atoms with van der Waals surface area (Å²) in [5.74, 6) is -0.213. The van der Waals surface area contributed by atoms with Gasteiger partial charge in [-0.25, -0.2) is 4.39 Å². The van der Waals surface area contributed by atoms with Crippen LogP contribution in [0.15, 0.2) is 60.8 Å². The van der Waals surface area contributed by atoms with Crippen molar-refractivity contribution < 1.29 is 9.18 Å². The average molecular weight is 429 g/mol. The number of halogens is 1. The molecule has 6 nitrogen and oxygen atoms in total. The Kier molecular flexibility index (Phi) is 5.41. The van der Waals surface area contributed by atoms with Crippen LogP contribution in [0, 0.1) is 18.7 Å². The molecule has 0 bridgehead atoms. The van der Waals surface area contributed by atoms with E-state index in [0.29, 0.717) is 24.1 Å². The van der Waals surface area contributed by atoms with Gasteiger partial charge in [0.25, 0.3) is 5.91 Å². The number of amides is 1. The van der Waals surface area contributed by atoms with Crippen molar-refractivity contribution in [1.29, 1.82) is 0 Å². The molecule has 1 aliphatic rings. The third-order valence-corrected chi connectivity index (χ3v) is 6.09. The quantitative estimate of drug-likeness (QED) is 0.452. The van der Waals surface area contributed by atoms with Gasteiger partial charge in [0.2, 0.25) is 0 Å². The molecule has 5 rings (SSSR count). The number of nitrogens with zero attached hydrogens (tertiary/aromatic N) is 2. The zero-order valence-electron chi connectivity index (χ0n) is 17.7. The Morgan fingerprint density at radius 2 is 2.03 bits per heavy atom. The van der Waals surface area contributed by atoms with Gasteiger partial charge in [-0.1, -0.05) is 18.2 Å². The fourth-order valence-electron chi connectivity index (χ4n) is 4.38. The molecule has 162 valence electrons. The Hall–Kier alpha value is -3.58. The van der Waals surface area contributed by atoms with E-state index in [-0.39, 0.29) is 23.7 Å². The minimum absolute atomic E-state index is 0.0653. The predicted molar refractivity (Wildman–Crippen MR) is 122 cm³/mol. The minimum atomic E-state index is -0.200. The average Bonchev–Trinajstić information content (AvgIpc) is 3.41. The summed E-state index contributed by atoms with van der Waals surface area (Å²) in [4.78, 5) is 17.3. The van der Waals surface area contributed by atoms with Crippen LogP contribution in [-0.4, -0.2) is 40.2 Å². The summed E-state index contributed by atoms with van der Waals surface area (Å²) in [5, 5.41) is 14.8. The van der Waals surface area contributed by atoms with Crippen LogP contribution in [-0.2, 0) is 6.42 Å². The Balaban J connectivity index is 1.36. The maximum Gasteiger partial charge on any atom is 0.251 e. The summed E-state index contributed by atoms with van der Waals surface area (Å²) >= 11 is 0. The number of H-pyrrole nitrogens is 1. The standard InChI is InChI=1S/C25H24FN5O/c1-15-10-17(8-9-28-15)24-20-12-18(6-7-22(20)30-31-24)25(32)29-23-14-27-13-19(23)11-16-4-2-3-5-21(16)26/h2-10,12,19,23,27H,11,13-14H2,1H3,(H,29,32)(H,30,31)/t19-,23-/m1/s1. The number of hydrogen-bond acceptors (Lipinski definition) is 4. The van der Waals surface area contributed by atoms with Gasteiger partial charge in [0.15, 0.2) is 0 Å². The molecule has 32 heavy (non-hydrogen) atoms. The first-order chi connectivity index (χ1) is 15.6. The Labute approximate surface area is 185 Å². The number of aromatic nitrogens is 3. The molecule has 0 unspecified atom stereocenters. The summed E-state index contributed by atoms with van der Waals surface area (Å²) in [6, 6.07) is 16.2. The zero-order valence-corrected chi connectivity index (χ0v) is 17.7. The SMILES string of the molecule is Cc1cc(-c2n[nH]c3ccc(C(=O)N[C@@H]4CNC[C@H]4Cc4ccccc4F)cc23)ccn1. The van der Waals surface area contributed by atoms with Crippen molar-refractivity contribution in [3.8, 4) is 11.3 Å². The topological polar surface area (TPSA) is 82.7 Å². The predicted octanol–water partition coefficient (Wildman–Crippen LogP) is 3.63. The Morgan fingerprint density at radius 1 is 1.16 bits per heavy atom. The highest BCUT2D eigenvalue weighted by Gasteiger charge is 2.29. The lowest BCUT2D eigenvalue weighted by atomic mass is 9.94. The van der Waals surface area contributed by atoms with Crippen molar-refractivity contribution in [1.82, 2.24) is 25.8 Å². The van der Waals surface area contributed by atoms with Crippen LogP contribution in [0.5, 0.6) is 0 Å². The number of pyridine rings is 1. The minimum Gasteiger partial charge on any atom is -0.348 e. The van der Waals surface area contributed by atoms with Crippen LogP contribution >= 0.6 is 0 Å². The van der Waals surface area contributed by atoms with E-state index in [9.17, 15) is 9.18 Å². The highest BCUT2D eigenvalue weighted by atomic mass is 19.1. The number of benzene rings is 2. The molecule has 1 amide bonds. The maximum atomic E-state index is 14.1. The molecule has 0 aliphatic carbocycles. The van der Waals surface area contributed by atoms with E-state index < -0.39 is 0 Å². The van der Waals surface area contributed by atoms with Gasteiger partial charge in [-0.05, 0) is 61.2 Å². The van der Waals surface area contributed by atoms with Gasteiger partial charge in [0, 0.05) is 47.5 Å². The van der Waals surface area contributed by atoms with Crippen LogP contribution < -0.4 is 10.6 Å². The van der Waals surface area contributed by atoms with Crippen LogP contribution in [0.1, 0.15) is 21.6 Å². The monoisotopic (exact) mass is 429 g/mol. The number of carbonyl (C=O) groups excluding carboxylic acids is 1. The number of rotatable bonds is 5. The molecule has 3 heterocycles. The fraction of sp³-hybridized carbons (Fsp3) is 0.240. The van der Waals surface area contributed by atoms with Gasteiger partial charge in [0.1, 0.15) is 11.5 Å². The number of nitrogens with one attached hydrogen (secondary N) is 3. The molecule has 0 saturated carbocycles. The Bertz CT molecular complexity index is 1280. The van der Waals surface area contributed by atoms with Gasteiger partial charge >= 0.3 is 0 Å². The van der Waals surface area contributed by atoms with Crippen molar-refractivity contribution in [2.45, 2.75) is 19.4 Å². The molecule has 2 aromatic carbocycles. The van der Waals surface area contributed by atoms with Crippen LogP contribution in [0.25, 0.3) is 22.2 Å². The molecule has 0 spiro atoms. The molecule has 1 aliphatic heterocycles. The lowest BCUT2D eigenvalue weighted by Crippen LogP contribution is -2.41. The molecule has 7 heteroatoms. The van der Waals surface area contributed by atoms with E-state index in [1.165, 1.54) is 6.07 Å². The number of aromatic amines is 1. The zero-order chi connectivity index (χ0) is 22.1. The summed E-state index contributed by atoms with van der Waals surface area (Å²) in [6.45, 7) is 3.34. The van der Waals surface area contributed by atoms with Crippen LogP contribution in [0.4, 0.5) is 4.39 Å². The van der Waals surface area contributed by atoms with Crippen LogP contribution in [0.3, 0.4) is 0 Å².